The fourth-order valence-electron chi connectivity index (χ4n) is 3.01. The van der Waals surface area contributed by atoms with Crippen LogP contribution >= 0.6 is 11.3 Å². The highest BCUT2D eigenvalue weighted by atomic mass is 32.1. The van der Waals surface area contributed by atoms with Crippen LogP contribution < -0.4 is 5.32 Å². The Balaban J connectivity index is 1.62. The van der Waals surface area contributed by atoms with Crippen molar-refractivity contribution >= 4 is 23.2 Å². The fourth-order valence-corrected chi connectivity index (χ4v) is 3.76. The second kappa shape index (κ2) is 7.18. The third-order valence-electron chi connectivity index (χ3n) is 4.28. The van der Waals surface area contributed by atoms with Crippen molar-refractivity contribution in [2.24, 2.45) is 0 Å². The molecule has 5 heteroatoms. The quantitative estimate of drug-likeness (QED) is 0.859. The summed E-state index contributed by atoms with van der Waals surface area (Å²) in [7, 11) is 0. The zero-order valence-corrected chi connectivity index (χ0v) is 14.7. The van der Waals surface area contributed by atoms with Crippen LogP contribution in [0.1, 0.15) is 51.5 Å². The number of ether oxygens (including phenoxy) is 1. The highest BCUT2D eigenvalue weighted by Gasteiger charge is 2.25. The van der Waals surface area contributed by atoms with Crippen LogP contribution in [0.3, 0.4) is 0 Å². The maximum Gasteiger partial charge on any atom is 0.349 e. The summed E-state index contributed by atoms with van der Waals surface area (Å²) >= 11 is 1.37. The molecule has 1 aliphatic rings. The molecule has 0 saturated heterocycles. The maximum absolute atomic E-state index is 12.4. The largest absolute Gasteiger partial charge is 0.448 e. The van der Waals surface area contributed by atoms with Gasteiger partial charge in [-0.2, -0.15) is 0 Å². The molecule has 1 aromatic heterocycles. The first kappa shape index (κ1) is 16.7. The average molecular weight is 343 g/mol. The molecule has 0 aliphatic heterocycles. The molecule has 2 unspecified atom stereocenters. The number of hydrogen-bond donors (Lipinski definition) is 1. The summed E-state index contributed by atoms with van der Waals surface area (Å²) in [6, 6.07) is 11.8. The predicted molar refractivity (Wildman–Crippen MR) is 94.2 cm³/mol. The highest BCUT2D eigenvalue weighted by Crippen LogP contribution is 2.29. The van der Waals surface area contributed by atoms with E-state index < -0.39 is 12.1 Å². The molecule has 0 spiro atoms. The van der Waals surface area contributed by atoms with Gasteiger partial charge in [-0.25, -0.2) is 4.79 Å². The molecule has 4 nitrogen and oxygen atoms in total. The summed E-state index contributed by atoms with van der Waals surface area (Å²) in [5, 5.41) is 3.02. The van der Waals surface area contributed by atoms with E-state index in [1.54, 1.807) is 13.0 Å². The molecule has 3 rings (SSSR count). The highest BCUT2D eigenvalue weighted by molar-refractivity contribution is 7.13. The van der Waals surface area contributed by atoms with E-state index in [1.807, 2.05) is 25.1 Å². The molecule has 2 aromatic rings. The van der Waals surface area contributed by atoms with Crippen LogP contribution in [0.15, 0.2) is 36.4 Å². The van der Waals surface area contributed by atoms with Crippen LogP contribution in [-0.2, 0) is 16.0 Å². The maximum atomic E-state index is 12.4. The number of fused-ring (bicyclic) bond motifs is 1. The molecule has 2 atom stereocenters. The minimum Gasteiger partial charge on any atom is -0.448 e. The zero-order valence-electron chi connectivity index (χ0n) is 13.9. The molecule has 1 amide bonds. The topological polar surface area (TPSA) is 55.4 Å². The number of benzene rings is 1. The smallest absolute Gasteiger partial charge is 0.349 e. The van der Waals surface area contributed by atoms with Crippen LogP contribution in [0.2, 0.25) is 0 Å². The van der Waals surface area contributed by atoms with Crippen LogP contribution in [0.25, 0.3) is 0 Å². The van der Waals surface area contributed by atoms with Gasteiger partial charge < -0.3 is 10.1 Å². The summed E-state index contributed by atoms with van der Waals surface area (Å²) < 4.78 is 5.30. The lowest BCUT2D eigenvalue weighted by Gasteiger charge is -2.27. The van der Waals surface area contributed by atoms with Gasteiger partial charge in [0.1, 0.15) is 4.88 Å². The Labute approximate surface area is 145 Å². The van der Waals surface area contributed by atoms with Gasteiger partial charge in [0.25, 0.3) is 5.91 Å². The van der Waals surface area contributed by atoms with Gasteiger partial charge >= 0.3 is 5.97 Å². The lowest BCUT2D eigenvalue weighted by molar-refractivity contribution is -0.130. The van der Waals surface area contributed by atoms with E-state index in [4.69, 9.17) is 4.74 Å². The summed E-state index contributed by atoms with van der Waals surface area (Å²) in [6.45, 7) is 3.54. The Morgan fingerprint density at radius 3 is 2.79 bits per heavy atom. The Morgan fingerprint density at radius 2 is 2.04 bits per heavy atom. The molecule has 1 aromatic carbocycles. The molecule has 1 aliphatic carbocycles. The van der Waals surface area contributed by atoms with Gasteiger partial charge in [-0.05, 0) is 56.4 Å². The van der Waals surface area contributed by atoms with Crippen molar-refractivity contribution in [3.8, 4) is 0 Å². The van der Waals surface area contributed by atoms with E-state index in [-0.39, 0.29) is 11.9 Å². The molecule has 0 fully saturated rings. The Morgan fingerprint density at radius 1 is 1.25 bits per heavy atom. The summed E-state index contributed by atoms with van der Waals surface area (Å²) in [6.07, 6.45) is 2.19. The van der Waals surface area contributed by atoms with Gasteiger partial charge in [-0.15, -0.1) is 11.3 Å². The van der Waals surface area contributed by atoms with Gasteiger partial charge in [-0.1, -0.05) is 24.3 Å². The SMILES string of the molecule is Cc1ccc(C(=O)OC(C)C(=O)NC2CCCc3ccccc32)s1. The molecule has 1 heterocycles. The van der Waals surface area contributed by atoms with E-state index in [2.05, 4.69) is 17.4 Å². The van der Waals surface area contributed by atoms with E-state index in [0.29, 0.717) is 4.88 Å². The van der Waals surface area contributed by atoms with Crippen LogP contribution in [0, 0.1) is 6.92 Å². The monoisotopic (exact) mass is 343 g/mol. The minimum absolute atomic E-state index is 0.00687. The number of amides is 1. The predicted octanol–water partition coefficient (Wildman–Crippen LogP) is 3.80. The van der Waals surface area contributed by atoms with Crippen molar-refractivity contribution in [1.82, 2.24) is 5.32 Å². The van der Waals surface area contributed by atoms with Crippen molar-refractivity contribution in [2.75, 3.05) is 0 Å². The lowest BCUT2D eigenvalue weighted by atomic mass is 9.87. The molecule has 1 N–H and O–H groups in total. The minimum atomic E-state index is -0.811. The first-order valence-electron chi connectivity index (χ1n) is 8.20. The van der Waals surface area contributed by atoms with Gasteiger partial charge in [0.15, 0.2) is 6.10 Å². The summed E-state index contributed by atoms with van der Waals surface area (Å²) in [5.41, 5.74) is 2.46. The second-order valence-corrected chi connectivity index (χ2v) is 7.40. The normalized spacial score (nSPS) is 17.7. The van der Waals surface area contributed by atoms with Gasteiger partial charge in [0, 0.05) is 4.88 Å². The Kier molecular flexibility index (Phi) is 5.00. The molecular formula is C19H21NO3S. The fraction of sp³-hybridized carbons (Fsp3) is 0.368. The molecule has 24 heavy (non-hydrogen) atoms. The van der Waals surface area contributed by atoms with E-state index >= 15 is 0 Å². The van der Waals surface area contributed by atoms with Crippen molar-refractivity contribution in [2.45, 2.75) is 45.3 Å². The van der Waals surface area contributed by atoms with Crippen LogP contribution in [-0.4, -0.2) is 18.0 Å². The molecular weight excluding hydrogens is 322 g/mol. The van der Waals surface area contributed by atoms with E-state index in [9.17, 15) is 9.59 Å². The van der Waals surface area contributed by atoms with Crippen molar-refractivity contribution < 1.29 is 14.3 Å². The summed E-state index contributed by atoms with van der Waals surface area (Å²) in [5.74, 6) is -0.696. The Bertz CT molecular complexity index is 753. The third kappa shape index (κ3) is 3.67. The van der Waals surface area contributed by atoms with Crippen molar-refractivity contribution in [3.05, 3.63) is 57.3 Å². The van der Waals surface area contributed by atoms with Gasteiger partial charge in [0.2, 0.25) is 0 Å². The van der Waals surface area contributed by atoms with Gasteiger partial charge in [-0.3, -0.25) is 4.79 Å². The second-order valence-electron chi connectivity index (χ2n) is 6.11. The van der Waals surface area contributed by atoms with Crippen LogP contribution in [0.4, 0.5) is 0 Å². The van der Waals surface area contributed by atoms with E-state index in [1.165, 1.54) is 22.5 Å². The van der Waals surface area contributed by atoms with Crippen LogP contribution in [0.5, 0.6) is 0 Å². The number of hydrogen-bond acceptors (Lipinski definition) is 4. The third-order valence-corrected chi connectivity index (χ3v) is 5.26. The average Bonchev–Trinajstić information content (AvgIpc) is 3.01. The molecule has 0 saturated carbocycles. The van der Waals surface area contributed by atoms with Crippen molar-refractivity contribution in [3.63, 3.8) is 0 Å². The summed E-state index contributed by atoms with van der Waals surface area (Å²) in [4.78, 5) is 26.0. The van der Waals surface area contributed by atoms with Gasteiger partial charge in [0.05, 0.1) is 6.04 Å². The van der Waals surface area contributed by atoms with Crippen molar-refractivity contribution in [1.29, 1.82) is 0 Å². The molecule has 0 radical (unpaired) electrons. The number of carbonyl (C=O) groups excluding carboxylic acids is 2. The van der Waals surface area contributed by atoms with E-state index in [0.717, 1.165) is 24.1 Å². The lowest BCUT2D eigenvalue weighted by Crippen LogP contribution is -2.39. The molecule has 0 bridgehead atoms. The number of esters is 1. The first-order valence-corrected chi connectivity index (χ1v) is 9.02. The standard InChI is InChI=1S/C19H21NO3S/c1-12-10-11-17(24-12)19(22)23-13(2)18(21)20-16-9-5-7-14-6-3-4-8-15(14)16/h3-4,6,8,10-11,13,16H,5,7,9H2,1-2H3,(H,20,21). The Hall–Kier alpha value is -2.14. The number of rotatable bonds is 4. The number of aryl methyl sites for hydroxylation is 2. The number of nitrogens with one attached hydrogen (secondary N) is 1. The molecule has 126 valence electrons. The number of thiophene rings is 1. The number of carbonyl (C=O) groups is 2. The first-order chi connectivity index (χ1) is 11.5. The zero-order chi connectivity index (χ0) is 17.1.